The van der Waals surface area contributed by atoms with Crippen LogP contribution in [0.4, 0.5) is 0 Å². The van der Waals surface area contributed by atoms with Gasteiger partial charge in [-0.05, 0) is 37.5 Å². The van der Waals surface area contributed by atoms with E-state index in [1.807, 2.05) is 19.2 Å². The van der Waals surface area contributed by atoms with Crippen molar-refractivity contribution >= 4 is 29.5 Å². The van der Waals surface area contributed by atoms with Crippen LogP contribution in [0.25, 0.3) is 0 Å². The lowest BCUT2D eigenvalue weighted by Gasteiger charge is -2.27. The molecule has 0 bridgehead atoms. The van der Waals surface area contributed by atoms with Crippen LogP contribution in [0.5, 0.6) is 0 Å². The number of nitrogens with one attached hydrogen (secondary N) is 1. The molecule has 1 atom stereocenters. The van der Waals surface area contributed by atoms with E-state index in [2.05, 4.69) is 5.32 Å². The highest BCUT2D eigenvalue weighted by Gasteiger charge is 2.25. The Morgan fingerprint density at radius 2 is 2.04 bits per heavy atom. The monoisotopic (exact) mass is 394 g/mol. The van der Waals surface area contributed by atoms with Gasteiger partial charge in [-0.3, -0.25) is 9.59 Å². The number of carbonyl (C=O) groups excluding carboxylic acids is 3. The summed E-state index contributed by atoms with van der Waals surface area (Å²) in [7, 11) is 0. The average molecular weight is 394 g/mol. The molecule has 0 radical (unpaired) electrons. The molecule has 0 saturated carbocycles. The van der Waals surface area contributed by atoms with Crippen molar-refractivity contribution in [3.8, 4) is 0 Å². The number of aryl methyl sites for hydroxylation is 1. The van der Waals surface area contributed by atoms with Crippen LogP contribution in [0.15, 0.2) is 24.3 Å². The molecule has 2 rings (SSSR count). The van der Waals surface area contributed by atoms with Crippen LogP contribution in [-0.4, -0.2) is 73.6 Å². The summed E-state index contributed by atoms with van der Waals surface area (Å²) in [5.74, 6) is -0.487. The normalized spacial score (nSPS) is 15.1. The molecule has 1 aromatic rings. The number of rotatable bonds is 8. The Bertz CT molecular complexity index is 661. The number of morpholine rings is 1. The second-order valence-corrected chi connectivity index (χ2v) is 7.26. The summed E-state index contributed by atoms with van der Waals surface area (Å²) in [5, 5.41) is 2.73. The Balaban J connectivity index is 1.92. The predicted octanol–water partition coefficient (Wildman–Crippen LogP) is 1.25. The van der Waals surface area contributed by atoms with Crippen molar-refractivity contribution in [2.75, 3.05) is 44.9 Å². The number of ether oxygens (including phenoxy) is 2. The molecule has 0 aromatic heterocycles. The number of carbonyl (C=O) groups is 3. The second kappa shape index (κ2) is 10.9. The lowest BCUT2D eigenvalue weighted by molar-refractivity contribution is -0.155. The number of amides is 2. The maximum Gasteiger partial charge on any atom is 0.329 e. The lowest BCUT2D eigenvalue weighted by Crippen LogP contribution is -2.45. The Morgan fingerprint density at radius 3 is 2.70 bits per heavy atom. The summed E-state index contributed by atoms with van der Waals surface area (Å²) in [6, 6.07) is 6.35. The fraction of sp³-hybridized carbons (Fsp3) is 0.526. The molecule has 1 saturated heterocycles. The van der Waals surface area contributed by atoms with Gasteiger partial charge in [0, 0.05) is 18.7 Å². The maximum absolute atomic E-state index is 12.4. The third-order valence-corrected chi connectivity index (χ3v) is 4.83. The summed E-state index contributed by atoms with van der Waals surface area (Å²) in [5.41, 5.74) is 1.45. The van der Waals surface area contributed by atoms with Crippen molar-refractivity contribution in [3.63, 3.8) is 0 Å². The van der Waals surface area contributed by atoms with E-state index < -0.39 is 12.0 Å². The van der Waals surface area contributed by atoms with Gasteiger partial charge in [0.2, 0.25) is 0 Å². The first-order valence-corrected chi connectivity index (χ1v) is 10.3. The molecule has 1 aliphatic rings. The second-order valence-electron chi connectivity index (χ2n) is 6.28. The molecular formula is C19H26N2O5S. The van der Waals surface area contributed by atoms with Crippen molar-refractivity contribution < 1.29 is 23.9 Å². The first-order chi connectivity index (χ1) is 13.0. The molecule has 2 amide bonds. The molecule has 1 aliphatic heterocycles. The maximum atomic E-state index is 12.4. The van der Waals surface area contributed by atoms with Gasteiger partial charge in [-0.25, -0.2) is 4.79 Å². The van der Waals surface area contributed by atoms with E-state index in [-0.39, 0.29) is 18.4 Å². The number of nitrogens with zero attached hydrogens (tertiary/aromatic N) is 1. The zero-order chi connectivity index (χ0) is 19.6. The summed E-state index contributed by atoms with van der Waals surface area (Å²) in [4.78, 5) is 38.6. The fourth-order valence-electron chi connectivity index (χ4n) is 2.65. The molecular weight excluding hydrogens is 368 g/mol. The van der Waals surface area contributed by atoms with Crippen LogP contribution in [0.2, 0.25) is 0 Å². The van der Waals surface area contributed by atoms with Gasteiger partial charge in [-0.1, -0.05) is 17.7 Å². The molecule has 148 valence electrons. The first kappa shape index (κ1) is 21.2. The van der Waals surface area contributed by atoms with E-state index in [1.54, 1.807) is 34.9 Å². The summed E-state index contributed by atoms with van der Waals surface area (Å²) < 4.78 is 10.4. The zero-order valence-electron chi connectivity index (χ0n) is 15.7. The Labute approximate surface area is 163 Å². The van der Waals surface area contributed by atoms with Crippen LogP contribution < -0.4 is 5.32 Å². The van der Waals surface area contributed by atoms with Gasteiger partial charge < -0.3 is 19.7 Å². The van der Waals surface area contributed by atoms with Crippen LogP contribution in [0, 0.1) is 6.92 Å². The number of hydrogen-bond donors (Lipinski definition) is 1. The van der Waals surface area contributed by atoms with E-state index in [9.17, 15) is 14.4 Å². The molecule has 1 fully saturated rings. The van der Waals surface area contributed by atoms with Crippen LogP contribution in [0.1, 0.15) is 22.3 Å². The molecule has 1 aromatic carbocycles. The molecule has 8 heteroatoms. The number of thioether (sulfide) groups is 1. The van der Waals surface area contributed by atoms with E-state index in [1.165, 1.54) is 0 Å². The molecule has 7 nitrogen and oxygen atoms in total. The number of benzene rings is 1. The van der Waals surface area contributed by atoms with Crippen molar-refractivity contribution in [2.24, 2.45) is 0 Å². The van der Waals surface area contributed by atoms with Crippen molar-refractivity contribution in [1.82, 2.24) is 10.2 Å². The van der Waals surface area contributed by atoms with Crippen LogP contribution in [-0.2, 0) is 19.1 Å². The van der Waals surface area contributed by atoms with E-state index in [0.29, 0.717) is 44.0 Å². The van der Waals surface area contributed by atoms with E-state index >= 15 is 0 Å². The smallest absolute Gasteiger partial charge is 0.329 e. The topological polar surface area (TPSA) is 84.9 Å². The van der Waals surface area contributed by atoms with Gasteiger partial charge in [-0.15, -0.1) is 0 Å². The fourth-order valence-corrected chi connectivity index (χ4v) is 3.12. The Kier molecular flexibility index (Phi) is 8.60. The molecule has 0 spiro atoms. The number of esters is 1. The van der Waals surface area contributed by atoms with E-state index in [4.69, 9.17) is 9.47 Å². The molecule has 1 heterocycles. The minimum absolute atomic E-state index is 0.250. The zero-order valence-corrected chi connectivity index (χ0v) is 16.5. The Morgan fingerprint density at radius 1 is 1.30 bits per heavy atom. The predicted molar refractivity (Wildman–Crippen MR) is 104 cm³/mol. The standard InChI is InChI=1S/C19H26N2O5S/c1-14-4-3-5-15(12-14)18(23)20-16(6-11-27-2)19(24)26-13-17(22)21-7-9-25-10-8-21/h3-5,12,16H,6-11,13H2,1-2H3,(H,20,23)/t16-/m1/s1. The third-order valence-electron chi connectivity index (χ3n) is 4.18. The summed E-state index contributed by atoms with van der Waals surface area (Å²) >= 11 is 1.57. The third kappa shape index (κ3) is 6.88. The minimum Gasteiger partial charge on any atom is -0.454 e. The van der Waals surface area contributed by atoms with Crippen LogP contribution >= 0.6 is 11.8 Å². The van der Waals surface area contributed by atoms with Gasteiger partial charge in [0.1, 0.15) is 6.04 Å². The molecule has 27 heavy (non-hydrogen) atoms. The van der Waals surface area contributed by atoms with Crippen molar-refractivity contribution in [3.05, 3.63) is 35.4 Å². The molecule has 1 N–H and O–H groups in total. The first-order valence-electron chi connectivity index (χ1n) is 8.90. The van der Waals surface area contributed by atoms with Gasteiger partial charge in [0.25, 0.3) is 11.8 Å². The quantitative estimate of drug-likeness (QED) is 0.668. The average Bonchev–Trinajstić information content (AvgIpc) is 2.69. The minimum atomic E-state index is -0.789. The molecule has 0 unspecified atom stereocenters. The van der Waals surface area contributed by atoms with Crippen molar-refractivity contribution in [2.45, 2.75) is 19.4 Å². The van der Waals surface area contributed by atoms with E-state index in [0.717, 1.165) is 5.56 Å². The Hall–Kier alpha value is -2.06. The van der Waals surface area contributed by atoms with Gasteiger partial charge in [0.15, 0.2) is 6.61 Å². The van der Waals surface area contributed by atoms with Gasteiger partial charge in [-0.2, -0.15) is 11.8 Å². The lowest BCUT2D eigenvalue weighted by atomic mass is 10.1. The van der Waals surface area contributed by atoms with Crippen molar-refractivity contribution in [1.29, 1.82) is 0 Å². The highest BCUT2D eigenvalue weighted by atomic mass is 32.2. The summed E-state index contributed by atoms with van der Waals surface area (Å²) in [6.07, 6.45) is 2.36. The van der Waals surface area contributed by atoms with Crippen LogP contribution in [0.3, 0.4) is 0 Å². The largest absolute Gasteiger partial charge is 0.454 e. The summed E-state index contributed by atoms with van der Waals surface area (Å²) in [6.45, 7) is 3.54. The SMILES string of the molecule is CSCC[C@@H](NC(=O)c1cccc(C)c1)C(=O)OCC(=O)N1CCOCC1. The highest BCUT2D eigenvalue weighted by Crippen LogP contribution is 2.08. The van der Waals surface area contributed by atoms with Gasteiger partial charge in [0.05, 0.1) is 13.2 Å². The van der Waals surface area contributed by atoms with Gasteiger partial charge >= 0.3 is 5.97 Å². The molecule has 0 aliphatic carbocycles. The number of hydrogen-bond acceptors (Lipinski definition) is 6. The highest BCUT2D eigenvalue weighted by molar-refractivity contribution is 7.98.